The number of amides is 1. The molecular weight excluding hydrogens is 222 g/mol. The summed E-state index contributed by atoms with van der Waals surface area (Å²) in [5.74, 6) is 0. The van der Waals surface area contributed by atoms with Crippen molar-refractivity contribution in [1.82, 2.24) is 14.8 Å². The van der Waals surface area contributed by atoms with E-state index in [2.05, 4.69) is 5.10 Å². The number of hydrogen-bond acceptors (Lipinski definition) is 4. The van der Waals surface area contributed by atoms with Crippen molar-refractivity contribution in [2.24, 2.45) is 0 Å². The van der Waals surface area contributed by atoms with Gasteiger partial charge in [0.25, 0.3) is 0 Å². The van der Waals surface area contributed by atoms with Crippen molar-refractivity contribution in [2.45, 2.75) is 39.5 Å². The second-order valence-electron chi connectivity index (χ2n) is 5.01. The number of rotatable bonds is 1. The van der Waals surface area contributed by atoms with E-state index in [1.165, 1.54) is 4.85 Å². The smallest absolute Gasteiger partial charge is 0.410 e. The molecule has 17 heavy (non-hydrogen) atoms. The summed E-state index contributed by atoms with van der Waals surface area (Å²) in [7, 11) is 1.55. The minimum atomic E-state index is -0.473. The van der Waals surface area contributed by atoms with E-state index in [1.807, 2.05) is 20.8 Å². The van der Waals surface area contributed by atoms with Gasteiger partial charge in [-0.3, -0.25) is 4.90 Å². The monoisotopic (exact) mass is 239 g/mol. The van der Waals surface area contributed by atoms with Gasteiger partial charge in [-0.2, -0.15) is 0 Å². The molecule has 0 fully saturated rings. The standard InChI is InChI=1S/C11H17N3O3/c1-11(2,3)17-10(15)13-6-8-5-12-14(16-4)9(8)7-13/h5H,6-7H2,1-4H3. The Morgan fingerprint density at radius 3 is 2.71 bits per heavy atom. The number of nitrogens with zero attached hydrogens (tertiary/aromatic N) is 3. The quantitative estimate of drug-likeness (QED) is 0.738. The van der Waals surface area contributed by atoms with Gasteiger partial charge in [0.15, 0.2) is 0 Å². The minimum Gasteiger partial charge on any atom is -0.444 e. The molecule has 0 saturated carbocycles. The topological polar surface area (TPSA) is 56.6 Å². The lowest BCUT2D eigenvalue weighted by Gasteiger charge is -2.24. The third kappa shape index (κ3) is 2.35. The molecule has 1 aliphatic rings. The first-order valence-electron chi connectivity index (χ1n) is 5.49. The molecule has 2 heterocycles. The third-order valence-corrected chi connectivity index (χ3v) is 2.45. The Labute approximate surface area is 100 Å². The first kappa shape index (κ1) is 11.8. The Morgan fingerprint density at radius 2 is 2.12 bits per heavy atom. The van der Waals surface area contributed by atoms with Gasteiger partial charge in [0.1, 0.15) is 18.4 Å². The Morgan fingerprint density at radius 1 is 1.41 bits per heavy atom. The van der Waals surface area contributed by atoms with Crippen LogP contribution in [0, 0.1) is 0 Å². The summed E-state index contributed by atoms with van der Waals surface area (Å²) in [4.78, 5) is 20.0. The van der Waals surface area contributed by atoms with Crippen LogP contribution in [0.4, 0.5) is 4.79 Å². The van der Waals surface area contributed by atoms with Crippen LogP contribution in [0.15, 0.2) is 6.20 Å². The first-order chi connectivity index (χ1) is 7.90. The van der Waals surface area contributed by atoms with E-state index in [1.54, 1.807) is 18.2 Å². The van der Waals surface area contributed by atoms with Crippen molar-refractivity contribution < 1.29 is 14.4 Å². The van der Waals surface area contributed by atoms with Crippen molar-refractivity contribution in [3.63, 3.8) is 0 Å². The summed E-state index contributed by atoms with van der Waals surface area (Å²) in [5, 5.41) is 4.04. The number of aromatic nitrogens is 2. The number of fused-ring (bicyclic) bond motifs is 1. The molecule has 0 unspecified atom stereocenters. The van der Waals surface area contributed by atoms with Crippen LogP contribution in [0.1, 0.15) is 32.0 Å². The van der Waals surface area contributed by atoms with E-state index in [-0.39, 0.29) is 6.09 Å². The fourth-order valence-corrected chi connectivity index (χ4v) is 1.74. The number of carbonyl (C=O) groups is 1. The van der Waals surface area contributed by atoms with Crippen molar-refractivity contribution in [3.8, 4) is 0 Å². The summed E-state index contributed by atoms with van der Waals surface area (Å²) in [5.41, 5.74) is 1.43. The van der Waals surface area contributed by atoms with E-state index >= 15 is 0 Å². The summed E-state index contributed by atoms with van der Waals surface area (Å²) in [6.07, 6.45) is 1.40. The van der Waals surface area contributed by atoms with E-state index in [4.69, 9.17) is 9.57 Å². The molecule has 0 saturated heterocycles. The highest BCUT2D eigenvalue weighted by Crippen LogP contribution is 2.23. The van der Waals surface area contributed by atoms with Crippen LogP contribution >= 0.6 is 0 Å². The van der Waals surface area contributed by atoms with Gasteiger partial charge >= 0.3 is 6.09 Å². The number of carbonyl (C=O) groups excluding carboxylic acids is 1. The summed E-state index contributed by atoms with van der Waals surface area (Å²) >= 11 is 0. The first-order valence-corrected chi connectivity index (χ1v) is 5.49. The maximum atomic E-state index is 11.9. The highest BCUT2D eigenvalue weighted by atomic mass is 16.7. The van der Waals surface area contributed by atoms with Crippen LogP contribution in [-0.2, 0) is 17.8 Å². The molecule has 0 aliphatic carbocycles. The predicted molar refractivity (Wildman–Crippen MR) is 60.2 cm³/mol. The molecule has 1 amide bonds. The average molecular weight is 239 g/mol. The molecule has 0 radical (unpaired) electrons. The summed E-state index contributed by atoms with van der Waals surface area (Å²) in [6.45, 7) is 6.55. The van der Waals surface area contributed by atoms with Crippen LogP contribution < -0.4 is 4.84 Å². The van der Waals surface area contributed by atoms with E-state index in [9.17, 15) is 4.79 Å². The van der Waals surface area contributed by atoms with Crippen LogP contribution in [0.5, 0.6) is 0 Å². The average Bonchev–Trinajstić information content (AvgIpc) is 2.72. The molecule has 6 nitrogen and oxygen atoms in total. The molecular formula is C11H17N3O3. The van der Waals surface area contributed by atoms with Crippen molar-refractivity contribution in [3.05, 3.63) is 17.5 Å². The largest absolute Gasteiger partial charge is 0.444 e. The zero-order chi connectivity index (χ0) is 12.6. The van der Waals surface area contributed by atoms with Gasteiger partial charge in [0.05, 0.1) is 19.3 Å². The molecule has 0 bridgehead atoms. The zero-order valence-electron chi connectivity index (χ0n) is 10.6. The Balaban J connectivity index is 2.05. The van der Waals surface area contributed by atoms with E-state index in [0.717, 1.165) is 11.3 Å². The highest BCUT2D eigenvalue weighted by Gasteiger charge is 2.30. The molecule has 1 aromatic rings. The normalized spacial score (nSPS) is 14.7. The van der Waals surface area contributed by atoms with Gasteiger partial charge in [-0.05, 0) is 20.8 Å². The van der Waals surface area contributed by atoms with E-state index in [0.29, 0.717) is 13.1 Å². The lowest BCUT2D eigenvalue weighted by atomic mass is 10.2. The fraction of sp³-hybridized carbons (Fsp3) is 0.636. The maximum absolute atomic E-state index is 11.9. The summed E-state index contributed by atoms with van der Waals surface area (Å²) < 4.78 is 5.31. The van der Waals surface area contributed by atoms with Gasteiger partial charge in [-0.15, -0.1) is 9.94 Å². The molecule has 6 heteroatoms. The van der Waals surface area contributed by atoms with Crippen LogP contribution in [0.25, 0.3) is 0 Å². The van der Waals surface area contributed by atoms with Gasteiger partial charge in [0, 0.05) is 5.56 Å². The number of hydrogen-bond donors (Lipinski definition) is 0. The molecule has 0 atom stereocenters. The van der Waals surface area contributed by atoms with Crippen LogP contribution in [0.2, 0.25) is 0 Å². The highest BCUT2D eigenvalue weighted by molar-refractivity contribution is 5.69. The Bertz CT molecular complexity index is 434. The predicted octanol–water partition coefficient (Wildman–Crippen LogP) is 1.19. The lowest BCUT2D eigenvalue weighted by molar-refractivity contribution is 0.0227. The summed E-state index contributed by atoms with van der Waals surface area (Å²) in [6, 6.07) is 0. The Kier molecular flexibility index (Phi) is 2.73. The van der Waals surface area contributed by atoms with Gasteiger partial charge in [0.2, 0.25) is 0 Å². The molecule has 2 rings (SSSR count). The van der Waals surface area contributed by atoms with Crippen LogP contribution in [-0.4, -0.2) is 33.6 Å². The van der Waals surface area contributed by atoms with Crippen molar-refractivity contribution in [2.75, 3.05) is 7.11 Å². The third-order valence-electron chi connectivity index (χ3n) is 2.45. The molecule has 0 spiro atoms. The minimum absolute atomic E-state index is 0.309. The SMILES string of the molecule is COn1ncc2c1CN(C(=O)OC(C)(C)C)C2. The number of ether oxygens (including phenoxy) is 1. The van der Waals surface area contributed by atoms with Gasteiger partial charge < -0.3 is 9.57 Å². The maximum Gasteiger partial charge on any atom is 0.410 e. The zero-order valence-corrected chi connectivity index (χ0v) is 10.6. The lowest BCUT2D eigenvalue weighted by Crippen LogP contribution is -2.33. The molecule has 0 N–H and O–H groups in total. The van der Waals surface area contributed by atoms with Crippen molar-refractivity contribution in [1.29, 1.82) is 0 Å². The van der Waals surface area contributed by atoms with Crippen LogP contribution in [0.3, 0.4) is 0 Å². The molecule has 0 aromatic carbocycles. The molecule has 1 aromatic heterocycles. The second-order valence-corrected chi connectivity index (χ2v) is 5.01. The second kappa shape index (κ2) is 3.94. The molecule has 94 valence electrons. The van der Waals surface area contributed by atoms with Gasteiger partial charge in [-0.1, -0.05) is 0 Å². The van der Waals surface area contributed by atoms with Gasteiger partial charge in [-0.25, -0.2) is 4.79 Å². The fourth-order valence-electron chi connectivity index (χ4n) is 1.74. The Hall–Kier alpha value is -1.72. The van der Waals surface area contributed by atoms with E-state index < -0.39 is 5.60 Å². The molecule has 1 aliphatic heterocycles. The van der Waals surface area contributed by atoms with Crippen molar-refractivity contribution >= 4 is 6.09 Å².